The lowest BCUT2D eigenvalue weighted by molar-refractivity contribution is -0.115. The van der Waals surface area contributed by atoms with Crippen LogP contribution >= 0.6 is 22.9 Å². The fraction of sp³-hybridized carbons (Fsp3) is 0.125. The van der Waals surface area contributed by atoms with E-state index >= 15 is 0 Å². The van der Waals surface area contributed by atoms with Crippen molar-refractivity contribution < 1.29 is 13.2 Å². The second-order valence-corrected chi connectivity index (χ2v) is 8.54. The number of amides is 1. The number of halogens is 1. The van der Waals surface area contributed by atoms with Gasteiger partial charge in [-0.15, -0.1) is 11.3 Å². The van der Waals surface area contributed by atoms with Crippen LogP contribution in [-0.4, -0.2) is 25.1 Å². The van der Waals surface area contributed by atoms with Crippen molar-refractivity contribution in [2.24, 2.45) is 0 Å². The largest absolute Gasteiger partial charge is 0.326 e. The molecule has 0 unspecified atom stereocenters. The molecule has 0 atom stereocenters. The van der Waals surface area contributed by atoms with E-state index in [1.807, 2.05) is 6.07 Å². The van der Waals surface area contributed by atoms with E-state index in [0.29, 0.717) is 10.7 Å². The Morgan fingerprint density at radius 2 is 1.92 bits per heavy atom. The van der Waals surface area contributed by atoms with E-state index in [1.165, 1.54) is 35.6 Å². The second-order valence-electron chi connectivity index (χ2n) is 5.11. The van der Waals surface area contributed by atoms with Crippen molar-refractivity contribution in [3.05, 3.63) is 53.0 Å². The van der Waals surface area contributed by atoms with Crippen LogP contribution in [0.15, 0.2) is 52.9 Å². The number of aromatic nitrogens is 1. The van der Waals surface area contributed by atoms with Gasteiger partial charge in [0, 0.05) is 17.1 Å². The molecule has 1 aromatic heterocycles. The summed E-state index contributed by atoms with van der Waals surface area (Å²) in [4.78, 5) is 16.3. The molecule has 0 saturated carbocycles. The molecule has 0 radical (unpaired) electrons. The number of benzene rings is 2. The Kier molecular flexibility index (Phi) is 4.84. The molecule has 0 spiro atoms. The van der Waals surface area contributed by atoms with Crippen LogP contribution in [0.4, 0.5) is 5.69 Å². The van der Waals surface area contributed by atoms with Gasteiger partial charge in [-0.05, 0) is 42.5 Å². The smallest absolute Gasteiger partial charge is 0.225 e. The Hall–Kier alpha value is -1.96. The van der Waals surface area contributed by atoms with Crippen molar-refractivity contribution in [3.63, 3.8) is 0 Å². The fourth-order valence-electron chi connectivity index (χ4n) is 2.15. The van der Waals surface area contributed by atoms with Crippen molar-refractivity contribution >= 4 is 54.6 Å². The number of hydrogen-bond donors (Lipinski definition) is 1. The first-order chi connectivity index (χ1) is 11.4. The number of thiazole rings is 1. The fourth-order valence-corrected chi connectivity index (χ4v) is 4.17. The first-order valence-corrected chi connectivity index (χ1v) is 9.96. The Bertz CT molecular complexity index is 982. The molecule has 3 aromatic rings. The summed E-state index contributed by atoms with van der Waals surface area (Å²) in [5.41, 5.74) is 3.13. The minimum atomic E-state index is -3.52. The molecule has 1 amide bonds. The molecule has 3 rings (SSSR count). The maximum absolute atomic E-state index is 12.2. The summed E-state index contributed by atoms with van der Waals surface area (Å²) in [6.07, 6.45) is -0.125. The van der Waals surface area contributed by atoms with Crippen molar-refractivity contribution in [1.82, 2.24) is 4.98 Å². The third kappa shape index (κ3) is 3.92. The van der Waals surface area contributed by atoms with Crippen LogP contribution < -0.4 is 5.32 Å². The molecule has 2 aromatic carbocycles. The normalized spacial score (nSPS) is 11.5. The Morgan fingerprint density at radius 1 is 1.17 bits per heavy atom. The van der Waals surface area contributed by atoms with Crippen LogP contribution in [0.5, 0.6) is 0 Å². The zero-order valence-corrected chi connectivity index (χ0v) is 14.8. The van der Waals surface area contributed by atoms with Crippen LogP contribution in [0.2, 0.25) is 5.02 Å². The number of nitrogens with one attached hydrogen (secondary N) is 1. The summed E-state index contributed by atoms with van der Waals surface area (Å²) in [6, 6.07) is 11.3. The topological polar surface area (TPSA) is 76.1 Å². The van der Waals surface area contributed by atoms with Gasteiger partial charge in [0.1, 0.15) is 0 Å². The van der Waals surface area contributed by atoms with Gasteiger partial charge in [-0.2, -0.15) is 0 Å². The van der Waals surface area contributed by atoms with Crippen molar-refractivity contribution in [1.29, 1.82) is 0 Å². The molecule has 8 heteroatoms. The summed E-state index contributed by atoms with van der Waals surface area (Å²) >= 11 is 7.26. The highest BCUT2D eigenvalue weighted by Crippen LogP contribution is 2.22. The third-order valence-corrected chi connectivity index (χ3v) is 6.18. The Balaban J connectivity index is 1.63. The van der Waals surface area contributed by atoms with E-state index in [1.54, 1.807) is 17.6 Å². The van der Waals surface area contributed by atoms with E-state index in [9.17, 15) is 13.2 Å². The highest BCUT2D eigenvalue weighted by atomic mass is 35.5. The quantitative estimate of drug-likeness (QED) is 0.731. The van der Waals surface area contributed by atoms with E-state index < -0.39 is 9.84 Å². The molecule has 0 fully saturated rings. The number of sulfone groups is 1. The summed E-state index contributed by atoms with van der Waals surface area (Å²) in [5.74, 6) is -0.624. The number of carbonyl (C=O) groups excluding carboxylic acids is 1. The second kappa shape index (κ2) is 6.88. The van der Waals surface area contributed by atoms with Crippen molar-refractivity contribution in [3.8, 4) is 0 Å². The minimum absolute atomic E-state index is 0.125. The lowest BCUT2D eigenvalue weighted by Crippen LogP contribution is -2.17. The van der Waals surface area contributed by atoms with Crippen LogP contribution in [-0.2, 0) is 14.6 Å². The molecular weight excluding hydrogens is 368 g/mol. The summed E-state index contributed by atoms with van der Waals surface area (Å²) < 4.78 is 25.4. The number of fused-ring (bicyclic) bond motifs is 1. The Morgan fingerprint density at radius 3 is 2.67 bits per heavy atom. The molecule has 1 N–H and O–H groups in total. The van der Waals surface area contributed by atoms with Gasteiger partial charge in [0.15, 0.2) is 9.84 Å². The van der Waals surface area contributed by atoms with Crippen LogP contribution in [0.25, 0.3) is 10.2 Å². The number of nitrogens with zero attached hydrogens (tertiary/aromatic N) is 1. The number of rotatable bonds is 5. The summed E-state index contributed by atoms with van der Waals surface area (Å²) in [7, 11) is -3.52. The predicted molar refractivity (Wildman–Crippen MR) is 96.4 cm³/mol. The molecule has 0 aliphatic rings. The molecular formula is C16H13ClN2O3S2. The molecule has 0 bridgehead atoms. The molecule has 1 heterocycles. The third-order valence-electron chi connectivity index (χ3n) is 3.38. The minimum Gasteiger partial charge on any atom is -0.326 e. The van der Waals surface area contributed by atoms with Gasteiger partial charge in [0.05, 0.1) is 26.4 Å². The van der Waals surface area contributed by atoms with Crippen molar-refractivity contribution in [2.45, 2.75) is 11.3 Å². The molecule has 0 saturated heterocycles. The van der Waals surface area contributed by atoms with E-state index in [2.05, 4.69) is 10.3 Å². The highest BCUT2D eigenvalue weighted by Gasteiger charge is 2.16. The van der Waals surface area contributed by atoms with Gasteiger partial charge in [-0.25, -0.2) is 13.4 Å². The maximum atomic E-state index is 12.2. The zero-order chi connectivity index (χ0) is 17.2. The highest BCUT2D eigenvalue weighted by molar-refractivity contribution is 7.91. The molecule has 124 valence electrons. The van der Waals surface area contributed by atoms with Gasteiger partial charge in [-0.1, -0.05) is 11.6 Å². The number of hydrogen-bond acceptors (Lipinski definition) is 5. The van der Waals surface area contributed by atoms with Crippen LogP contribution in [0.1, 0.15) is 6.42 Å². The Labute approximate surface area is 148 Å². The first-order valence-electron chi connectivity index (χ1n) is 7.05. The van der Waals surface area contributed by atoms with Gasteiger partial charge < -0.3 is 5.32 Å². The van der Waals surface area contributed by atoms with Crippen LogP contribution in [0.3, 0.4) is 0 Å². The molecule has 24 heavy (non-hydrogen) atoms. The molecule has 0 aliphatic heterocycles. The van der Waals surface area contributed by atoms with Gasteiger partial charge in [-0.3, -0.25) is 4.79 Å². The zero-order valence-electron chi connectivity index (χ0n) is 12.4. The average molecular weight is 381 g/mol. The predicted octanol–water partition coefficient (Wildman–Crippen LogP) is 3.75. The SMILES string of the molecule is O=C(CCS(=O)(=O)c1ccc(Cl)cc1)Nc1ccc2scnc2c1. The monoisotopic (exact) mass is 380 g/mol. The van der Waals surface area contributed by atoms with Gasteiger partial charge in [0.25, 0.3) is 0 Å². The summed E-state index contributed by atoms with van der Waals surface area (Å²) in [6.45, 7) is 0. The lowest BCUT2D eigenvalue weighted by Gasteiger charge is -2.06. The first kappa shape index (κ1) is 16.9. The number of carbonyl (C=O) groups is 1. The van der Waals surface area contributed by atoms with Gasteiger partial charge in [0.2, 0.25) is 5.91 Å². The maximum Gasteiger partial charge on any atom is 0.225 e. The van der Waals surface area contributed by atoms with Crippen LogP contribution in [0, 0.1) is 0 Å². The molecule has 0 aliphatic carbocycles. The average Bonchev–Trinajstić information content (AvgIpc) is 3.01. The standard InChI is InChI=1S/C16H13ClN2O3S2/c17-11-1-4-13(5-2-11)24(21,22)8-7-16(20)19-12-3-6-15-14(9-12)18-10-23-15/h1-6,9-10H,7-8H2,(H,19,20). The summed E-state index contributed by atoms with van der Waals surface area (Å²) in [5, 5.41) is 3.16. The number of anilines is 1. The van der Waals surface area contributed by atoms with E-state index in [4.69, 9.17) is 11.6 Å². The lowest BCUT2D eigenvalue weighted by atomic mass is 10.3. The van der Waals surface area contributed by atoms with E-state index in [0.717, 1.165) is 10.2 Å². The van der Waals surface area contributed by atoms with Gasteiger partial charge >= 0.3 is 0 Å². The van der Waals surface area contributed by atoms with Crippen molar-refractivity contribution in [2.75, 3.05) is 11.1 Å². The molecule has 5 nitrogen and oxygen atoms in total. The van der Waals surface area contributed by atoms with E-state index in [-0.39, 0.29) is 23.0 Å².